The standard InChI is InChI=1S/C17H23N3/c1-12-7-6-8-13(19-12)15-18-9-10-20(15)11-14-16(2,3)17(14,4)5/h6-10,14H,11H2,1-5H3. The van der Waals surface area contributed by atoms with Crippen molar-refractivity contribution in [3.05, 3.63) is 36.3 Å². The fourth-order valence-corrected chi connectivity index (χ4v) is 3.34. The Morgan fingerprint density at radius 1 is 1.15 bits per heavy atom. The number of aryl methyl sites for hydroxylation is 1. The molecule has 0 saturated heterocycles. The van der Waals surface area contributed by atoms with E-state index < -0.39 is 0 Å². The second kappa shape index (κ2) is 4.18. The lowest BCUT2D eigenvalue weighted by Crippen LogP contribution is -2.06. The highest BCUT2D eigenvalue weighted by atomic mass is 15.1. The van der Waals surface area contributed by atoms with Crippen LogP contribution in [0.1, 0.15) is 33.4 Å². The molecular weight excluding hydrogens is 246 g/mol. The van der Waals surface area contributed by atoms with Crippen LogP contribution in [-0.4, -0.2) is 14.5 Å². The topological polar surface area (TPSA) is 30.7 Å². The Morgan fingerprint density at radius 3 is 2.45 bits per heavy atom. The molecule has 0 aliphatic heterocycles. The first-order chi connectivity index (χ1) is 9.34. The Bertz CT molecular complexity index is 623. The minimum Gasteiger partial charge on any atom is -0.329 e. The Labute approximate surface area is 121 Å². The van der Waals surface area contributed by atoms with Gasteiger partial charge in [0, 0.05) is 24.6 Å². The lowest BCUT2D eigenvalue weighted by molar-refractivity contribution is 0.457. The number of aromatic nitrogens is 3. The predicted molar refractivity (Wildman–Crippen MR) is 81.2 cm³/mol. The van der Waals surface area contributed by atoms with Gasteiger partial charge in [0.1, 0.15) is 5.69 Å². The zero-order chi connectivity index (χ0) is 14.5. The van der Waals surface area contributed by atoms with Gasteiger partial charge in [-0.3, -0.25) is 0 Å². The molecule has 0 N–H and O–H groups in total. The largest absolute Gasteiger partial charge is 0.329 e. The lowest BCUT2D eigenvalue weighted by Gasteiger charge is -2.09. The van der Waals surface area contributed by atoms with Crippen LogP contribution in [0.4, 0.5) is 0 Å². The molecule has 0 spiro atoms. The van der Waals surface area contributed by atoms with E-state index in [4.69, 9.17) is 0 Å². The molecule has 2 aromatic rings. The summed E-state index contributed by atoms with van der Waals surface area (Å²) in [6, 6.07) is 6.10. The third-order valence-electron chi connectivity index (χ3n) is 5.53. The van der Waals surface area contributed by atoms with Crippen molar-refractivity contribution >= 4 is 0 Å². The van der Waals surface area contributed by atoms with E-state index in [0.717, 1.165) is 23.8 Å². The third-order valence-corrected chi connectivity index (χ3v) is 5.53. The molecule has 0 bridgehead atoms. The van der Waals surface area contributed by atoms with Crippen LogP contribution in [0.15, 0.2) is 30.6 Å². The van der Waals surface area contributed by atoms with Crippen LogP contribution in [0, 0.1) is 23.7 Å². The molecule has 3 heteroatoms. The molecule has 2 aromatic heterocycles. The van der Waals surface area contributed by atoms with E-state index in [1.54, 1.807) is 0 Å². The van der Waals surface area contributed by atoms with Crippen molar-refractivity contribution in [1.82, 2.24) is 14.5 Å². The Balaban J connectivity index is 1.89. The summed E-state index contributed by atoms with van der Waals surface area (Å²) in [7, 11) is 0. The highest BCUT2D eigenvalue weighted by Crippen LogP contribution is 2.68. The Kier molecular flexibility index (Phi) is 2.79. The smallest absolute Gasteiger partial charge is 0.158 e. The number of hydrogen-bond acceptors (Lipinski definition) is 2. The van der Waals surface area contributed by atoms with Gasteiger partial charge in [-0.1, -0.05) is 33.8 Å². The molecule has 0 radical (unpaired) electrons. The minimum absolute atomic E-state index is 0.397. The fourth-order valence-electron chi connectivity index (χ4n) is 3.34. The first kappa shape index (κ1) is 13.3. The summed E-state index contributed by atoms with van der Waals surface area (Å²) in [6.07, 6.45) is 3.95. The van der Waals surface area contributed by atoms with Gasteiger partial charge in [-0.15, -0.1) is 0 Å². The molecule has 1 saturated carbocycles. The number of hydrogen-bond donors (Lipinski definition) is 0. The van der Waals surface area contributed by atoms with Crippen LogP contribution in [0.3, 0.4) is 0 Å². The number of imidazole rings is 1. The molecule has 1 aliphatic carbocycles. The van der Waals surface area contributed by atoms with Crippen LogP contribution < -0.4 is 0 Å². The summed E-state index contributed by atoms with van der Waals surface area (Å²) in [6.45, 7) is 12.5. The van der Waals surface area contributed by atoms with Crippen molar-refractivity contribution in [1.29, 1.82) is 0 Å². The van der Waals surface area contributed by atoms with Crippen molar-refractivity contribution in [2.24, 2.45) is 16.7 Å². The Morgan fingerprint density at radius 2 is 1.85 bits per heavy atom. The van der Waals surface area contributed by atoms with Crippen molar-refractivity contribution < 1.29 is 0 Å². The van der Waals surface area contributed by atoms with Crippen LogP contribution in [0.2, 0.25) is 0 Å². The summed E-state index contributed by atoms with van der Waals surface area (Å²) >= 11 is 0. The van der Waals surface area contributed by atoms with E-state index >= 15 is 0 Å². The summed E-state index contributed by atoms with van der Waals surface area (Å²) < 4.78 is 2.25. The second-order valence-electron chi connectivity index (χ2n) is 7.06. The summed E-state index contributed by atoms with van der Waals surface area (Å²) in [4.78, 5) is 9.10. The monoisotopic (exact) mass is 269 g/mol. The van der Waals surface area contributed by atoms with Crippen LogP contribution in [0.5, 0.6) is 0 Å². The van der Waals surface area contributed by atoms with Crippen LogP contribution in [0.25, 0.3) is 11.5 Å². The molecule has 0 atom stereocenters. The van der Waals surface area contributed by atoms with Crippen molar-refractivity contribution in [2.75, 3.05) is 0 Å². The van der Waals surface area contributed by atoms with Crippen molar-refractivity contribution in [3.63, 3.8) is 0 Å². The van der Waals surface area contributed by atoms with Gasteiger partial charge in [0.15, 0.2) is 5.82 Å². The second-order valence-corrected chi connectivity index (χ2v) is 7.06. The van der Waals surface area contributed by atoms with Gasteiger partial charge in [-0.2, -0.15) is 0 Å². The summed E-state index contributed by atoms with van der Waals surface area (Å²) in [5.74, 6) is 1.67. The van der Waals surface area contributed by atoms with E-state index in [0.29, 0.717) is 16.7 Å². The molecular formula is C17H23N3. The third kappa shape index (κ3) is 1.88. The average molecular weight is 269 g/mol. The maximum atomic E-state index is 4.59. The SMILES string of the molecule is Cc1cccc(-c2nccn2CC2C(C)(C)C2(C)C)n1. The van der Waals surface area contributed by atoms with Gasteiger partial charge < -0.3 is 4.57 Å². The van der Waals surface area contributed by atoms with Crippen LogP contribution in [-0.2, 0) is 6.54 Å². The molecule has 0 aromatic carbocycles. The van der Waals surface area contributed by atoms with E-state index in [-0.39, 0.29) is 0 Å². The molecule has 0 unspecified atom stereocenters. The van der Waals surface area contributed by atoms with Crippen molar-refractivity contribution in [2.45, 2.75) is 41.2 Å². The van der Waals surface area contributed by atoms with E-state index in [9.17, 15) is 0 Å². The number of pyridine rings is 1. The van der Waals surface area contributed by atoms with Gasteiger partial charge in [0.25, 0.3) is 0 Å². The quantitative estimate of drug-likeness (QED) is 0.845. The molecule has 1 fully saturated rings. The molecule has 2 heterocycles. The summed E-state index contributed by atoms with van der Waals surface area (Å²) in [5, 5.41) is 0. The molecule has 20 heavy (non-hydrogen) atoms. The molecule has 3 nitrogen and oxygen atoms in total. The van der Waals surface area contributed by atoms with Gasteiger partial charge in [0.05, 0.1) is 0 Å². The fraction of sp³-hybridized carbons (Fsp3) is 0.529. The molecule has 3 rings (SSSR count). The molecule has 1 aliphatic rings. The van der Waals surface area contributed by atoms with Gasteiger partial charge >= 0.3 is 0 Å². The van der Waals surface area contributed by atoms with E-state index in [2.05, 4.69) is 48.4 Å². The Hall–Kier alpha value is -1.64. The zero-order valence-electron chi connectivity index (χ0n) is 13.0. The lowest BCUT2D eigenvalue weighted by atomic mass is 10.0. The minimum atomic E-state index is 0.397. The van der Waals surface area contributed by atoms with Crippen LogP contribution >= 0.6 is 0 Å². The van der Waals surface area contributed by atoms with E-state index in [1.807, 2.05) is 31.3 Å². The van der Waals surface area contributed by atoms with Gasteiger partial charge in [-0.05, 0) is 35.8 Å². The molecule has 0 amide bonds. The average Bonchev–Trinajstić information content (AvgIpc) is 2.74. The maximum Gasteiger partial charge on any atom is 0.158 e. The zero-order valence-corrected chi connectivity index (χ0v) is 13.0. The van der Waals surface area contributed by atoms with Crippen molar-refractivity contribution in [3.8, 4) is 11.5 Å². The first-order valence-corrected chi connectivity index (χ1v) is 7.29. The number of rotatable bonds is 3. The predicted octanol–water partition coefficient (Wildman–Crippen LogP) is 3.94. The van der Waals surface area contributed by atoms with Gasteiger partial charge in [0.2, 0.25) is 0 Å². The molecule has 106 valence electrons. The normalized spacial score (nSPS) is 20.1. The van der Waals surface area contributed by atoms with Gasteiger partial charge in [-0.25, -0.2) is 9.97 Å². The summed E-state index contributed by atoms with van der Waals surface area (Å²) in [5.41, 5.74) is 2.79. The maximum absolute atomic E-state index is 4.59. The highest BCUT2D eigenvalue weighted by molar-refractivity contribution is 5.50. The first-order valence-electron chi connectivity index (χ1n) is 7.29. The highest BCUT2D eigenvalue weighted by Gasteiger charge is 2.64. The number of nitrogens with zero attached hydrogens (tertiary/aromatic N) is 3. The van der Waals surface area contributed by atoms with E-state index in [1.165, 1.54) is 0 Å².